The summed E-state index contributed by atoms with van der Waals surface area (Å²) < 4.78 is 5.33. The summed E-state index contributed by atoms with van der Waals surface area (Å²) in [6.45, 7) is 4.37. The third-order valence-corrected chi connectivity index (χ3v) is 4.27. The molecule has 1 N–H and O–H groups in total. The Hall–Kier alpha value is -1.14. The molecular formula is C12H18N2O3S. The number of ether oxygens (including phenoxy) is 1. The quantitative estimate of drug-likeness (QED) is 0.906. The molecule has 6 heteroatoms. The van der Waals surface area contributed by atoms with Gasteiger partial charge < -0.3 is 14.7 Å². The van der Waals surface area contributed by atoms with Crippen molar-refractivity contribution in [3.63, 3.8) is 0 Å². The standard InChI is InChI=1S/C12H18N2O3S/c1-8-10(11(15)16)13-12(18-8)14(2)7-9-3-5-17-6-4-9/h9H,3-7H2,1-2H3,(H,15,16). The lowest BCUT2D eigenvalue weighted by Crippen LogP contribution is -2.29. The number of carbonyl (C=O) groups is 1. The minimum absolute atomic E-state index is 0.175. The van der Waals surface area contributed by atoms with Gasteiger partial charge in [-0.3, -0.25) is 0 Å². The molecule has 5 nitrogen and oxygen atoms in total. The van der Waals surface area contributed by atoms with Crippen molar-refractivity contribution in [2.45, 2.75) is 19.8 Å². The van der Waals surface area contributed by atoms with Gasteiger partial charge in [-0.25, -0.2) is 9.78 Å². The van der Waals surface area contributed by atoms with E-state index in [1.54, 1.807) is 6.92 Å². The van der Waals surface area contributed by atoms with Crippen LogP contribution >= 0.6 is 11.3 Å². The van der Waals surface area contributed by atoms with Crippen molar-refractivity contribution in [3.05, 3.63) is 10.6 Å². The Morgan fingerprint density at radius 2 is 2.22 bits per heavy atom. The molecule has 18 heavy (non-hydrogen) atoms. The van der Waals surface area contributed by atoms with Crippen LogP contribution < -0.4 is 4.90 Å². The van der Waals surface area contributed by atoms with Gasteiger partial charge >= 0.3 is 5.97 Å². The highest BCUT2D eigenvalue weighted by atomic mass is 32.1. The Bertz CT molecular complexity index is 427. The summed E-state index contributed by atoms with van der Waals surface area (Å²) in [6, 6.07) is 0. The summed E-state index contributed by atoms with van der Waals surface area (Å²) in [5.74, 6) is -0.337. The van der Waals surface area contributed by atoms with Gasteiger partial charge in [-0.2, -0.15) is 0 Å². The number of aromatic nitrogens is 1. The van der Waals surface area contributed by atoms with Gasteiger partial charge in [0.25, 0.3) is 0 Å². The second-order valence-corrected chi connectivity index (χ2v) is 5.82. The molecule has 2 rings (SSSR count). The number of nitrogens with zero attached hydrogens (tertiary/aromatic N) is 2. The number of rotatable bonds is 4. The van der Waals surface area contributed by atoms with Crippen LogP contribution in [0.5, 0.6) is 0 Å². The summed E-state index contributed by atoms with van der Waals surface area (Å²) in [4.78, 5) is 18.0. The Labute approximate surface area is 110 Å². The van der Waals surface area contributed by atoms with Crippen molar-refractivity contribution in [2.24, 2.45) is 5.92 Å². The zero-order chi connectivity index (χ0) is 13.1. The first kappa shape index (κ1) is 13.3. The average Bonchev–Trinajstić information content (AvgIpc) is 2.73. The smallest absolute Gasteiger partial charge is 0.355 e. The van der Waals surface area contributed by atoms with Gasteiger partial charge in [0, 0.05) is 31.7 Å². The van der Waals surface area contributed by atoms with Crippen molar-refractivity contribution in [2.75, 3.05) is 31.7 Å². The second-order valence-electron chi connectivity index (χ2n) is 4.64. The summed E-state index contributed by atoms with van der Waals surface area (Å²) in [5, 5.41) is 9.78. The molecule has 0 aromatic carbocycles. The van der Waals surface area contributed by atoms with Gasteiger partial charge in [-0.1, -0.05) is 0 Å². The predicted octanol–water partition coefficient (Wildman–Crippen LogP) is 2.01. The van der Waals surface area contributed by atoms with Crippen molar-refractivity contribution in [3.8, 4) is 0 Å². The maximum atomic E-state index is 11.0. The van der Waals surface area contributed by atoms with E-state index < -0.39 is 5.97 Å². The summed E-state index contributed by atoms with van der Waals surface area (Å²) >= 11 is 1.44. The van der Waals surface area contributed by atoms with Crippen LogP contribution in [0.15, 0.2) is 0 Å². The molecule has 0 radical (unpaired) electrons. The molecular weight excluding hydrogens is 252 g/mol. The van der Waals surface area contributed by atoms with Crippen molar-refractivity contribution in [1.82, 2.24) is 4.98 Å². The van der Waals surface area contributed by atoms with E-state index in [1.807, 2.05) is 7.05 Å². The summed E-state index contributed by atoms with van der Waals surface area (Å²) in [5.41, 5.74) is 0.175. The fraction of sp³-hybridized carbons (Fsp3) is 0.667. The molecule has 0 saturated carbocycles. The number of aromatic carboxylic acids is 1. The van der Waals surface area contributed by atoms with E-state index in [-0.39, 0.29) is 5.69 Å². The molecule has 0 bridgehead atoms. The fourth-order valence-electron chi connectivity index (χ4n) is 2.14. The van der Waals surface area contributed by atoms with Crippen LogP contribution in [0.2, 0.25) is 0 Å². The molecule has 0 unspecified atom stereocenters. The highest BCUT2D eigenvalue weighted by Gasteiger charge is 2.20. The fourth-order valence-corrected chi connectivity index (χ4v) is 3.01. The zero-order valence-electron chi connectivity index (χ0n) is 10.7. The number of hydrogen-bond donors (Lipinski definition) is 1. The number of carboxylic acids is 1. The SMILES string of the molecule is Cc1sc(N(C)CC2CCOCC2)nc1C(=O)O. The molecule has 1 fully saturated rings. The maximum absolute atomic E-state index is 11.0. The van der Waals surface area contributed by atoms with Crippen molar-refractivity contribution in [1.29, 1.82) is 0 Å². The highest BCUT2D eigenvalue weighted by molar-refractivity contribution is 7.15. The minimum atomic E-state index is -0.950. The van der Waals surface area contributed by atoms with Gasteiger partial charge in [0.15, 0.2) is 10.8 Å². The van der Waals surface area contributed by atoms with Crippen molar-refractivity contribution < 1.29 is 14.6 Å². The van der Waals surface area contributed by atoms with Gasteiger partial charge in [0.2, 0.25) is 0 Å². The largest absolute Gasteiger partial charge is 0.476 e. The number of carboxylic acid groups (broad SMARTS) is 1. The van der Waals surface area contributed by atoms with E-state index in [0.717, 1.165) is 42.6 Å². The van der Waals surface area contributed by atoms with E-state index >= 15 is 0 Å². The molecule has 0 amide bonds. The lowest BCUT2D eigenvalue weighted by molar-refractivity contribution is 0.0685. The monoisotopic (exact) mass is 270 g/mol. The summed E-state index contributed by atoms with van der Waals surface area (Å²) in [7, 11) is 1.97. The lowest BCUT2D eigenvalue weighted by atomic mass is 10.0. The van der Waals surface area contributed by atoms with Crippen LogP contribution in [0, 0.1) is 12.8 Å². The van der Waals surface area contributed by atoms with Crippen LogP contribution in [0.25, 0.3) is 0 Å². The molecule has 1 saturated heterocycles. The van der Waals surface area contributed by atoms with Gasteiger partial charge in [0.1, 0.15) is 0 Å². The number of aryl methyl sites for hydroxylation is 1. The molecule has 1 aliphatic heterocycles. The third-order valence-electron chi connectivity index (χ3n) is 3.19. The molecule has 1 aliphatic rings. The van der Waals surface area contributed by atoms with E-state index in [2.05, 4.69) is 9.88 Å². The lowest BCUT2D eigenvalue weighted by Gasteiger charge is -2.26. The Balaban J connectivity index is 2.01. The van der Waals surface area contributed by atoms with Crippen LogP contribution in [0.1, 0.15) is 28.2 Å². The van der Waals surface area contributed by atoms with Gasteiger partial charge in [-0.05, 0) is 25.7 Å². The topological polar surface area (TPSA) is 62.7 Å². The van der Waals surface area contributed by atoms with Crippen LogP contribution in [0.4, 0.5) is 5.13 Å². The zero-order valence-corrected chi connectivity index (χ0v) is 11.5. The molecule has 1 aromatic heterocycles. The molecule has 0 atom stereocenters. The van der Waals surface area contributed by atoms with Gasteiger partial charge in [0.05, 0.1) is 0 Å². The van der Waals surface area contributed by atoms with Crippen LogP contribution in [-0.4, -0.2) is 42.9 Å². The van der Waals surface area contributed by atoms with E-state index in [9.17, 15) is 4.79 Å². The van der Waals surface area contributed by atoms with Crippen LogP contribution in [-0.2, 0) is 4.74 Å². The predicted molar refractivity (Wildman–Crippen MR) is 70.6 cm³/mol. The molecule has 1 aromatic rings. The third kappa shape index (κ3) is 3.00. The first-order valence-corrected chi connectivity index (χ1v) is 6.89. The van der Waals surface area contributed by atoms with Crippen molar-refractivity contribution >= 4 is 22.4 Å². The highest BCUT2D eigenvalue weighted by Crippen LogP contribution is 2.26. The second kappa shape index (κ2) is 5.67. The Kier molecular flexibility index (Phi) is 4.19. The van der Waals surface area contributed by atoms with E-state index in [0.29, 0.717) is 5.92 Å². The summed E-state index contributed by atoms with van der Waals surface area (Å²) in [6.07, 6.45) is 2.14. The first-order chi connectivity index (χ1) is 8.58. The normalized spacial score (nSPS) is 16.8. The minimum Gasteiger partial charge on any atom is -0.476 e. The maximum Gasteiger partial charge on any atom is 0.355 e. The van der Waals surface area contributed by atoms with E-state index in [1.165, 1.54) is 11.3 Å². The van der Waals surface area contributed by atoms with E-state index in [4.69, 9.17) is 9.84 Å². The molecule has 0 aliphatic carbocycles. The van der Waals surface area contributed by atoms with Gasteiger partial charge in [-0.15, -0.1) is 11.3 Å². The first-order valence-electron chi connectivity index (χ1n) is 6.07. The molecule has 0 spiro atoms. The molecule has 2 heterocycles. The number of anilines is 1. The Morgan fingerprint density at radius 1 is 1.56 bits per heavy atom. The number of hydrogen-bond acceptors (Lipinski definition) is 5. The number of thiazole rings is 1. The molecule has 100 valence electrons. The average molecular weight is 270 g/mol. The Morgan fingerprint density at radius 3 is 2.78 bits per heavy atom. The van der Waals surface area contributed by atoms with Crippen LogP contribution in [0.3, 0.4) is 0 Å².